The Morgan fingerprint density at radius 1 is 1.08 bits per heavy atom. The van der Waals surface area contributed by atoms with Gasteiger partial charge >= 0.3 is 5.97 Å². The van der Waals surface area contributed by atoms with Crippen molar-refractivity contribution in [2.75, 3.05) is 19.0 Å². The zero-order chi connectivity index (χ0) is 18.2. The molecule has 0 aliphatic heterocycles. The van der Waals surface area contributed by atoms with Gasteiger partial charge in [0, 0.05) is 17.3 Å². The summed E-state index contributed by atoms with van der Waals surface area (Å²) in [6.45, 7) is 3.54. The molecule has 0 atom stereocenters. The number of methoxy groups -OCH3 is 1. The van der Waals surface area contributed by atoms with Gasteiger partial charge in [-0.25, -0.2) is 4.79 Å². The maximum absolute atomic E-state index is 11.9. The van der Waals surface area contributed by atoms with Crippen molar-refractivity contribution in [3.05, 3.63) is 65.2 Å². The Kier molecular flexibility index (Phi) is 6.34. The highest BCUT2D eigenvalue weighted by Gasteiger charge is 2.08. The lowest BCUT2D eigenvalue weighted by Gasteiger charge is -2.10. The van der Waals surface area contributed by atoms with Crippen LogP contribution in [0.25, 0.3) is 6.08 Å². The number of anilines is 1. The summed E-state index contributed by atoms with van der Waals surface area (Å²) in [7, 11) is 1.56. The molecule has 2 aromatic carbocycles. The third-order valence-corrected chi connectivity index (χ3v) is 3.76. The summed E-state index contributed by atoms with van der Waals surface area (Å²) in [6.07, 6.45) is 2.85. The lowest BCUT2D eigenvalue weighted by atomic mass is 10.1. The number of para-hydroxylation sites is 1. The number of esters is 1. The van der Waals surface area contributed by atoms with Crippen LogP contribution in [-0.2, 0) is 14.3 Å². The Balaban J connectivity index is 1.88. The zero-order valence-corrected chi connectivity index (χ0v) is 14.5. The Bertz CT molecular complexity index is 796. The van der Waals surface area contributed by atoms with Crippen LogP contribution in [0.15, 0.2) is 48.5 Å². The monoisotopic (exact) mass is 339 g/mol. The van der Waals surface area contributed by atoms with Gasteiger partial charge in [0.15, 0.2) is 6.61 Å². The molecule has 0 unspecified atom stereocenters. The molecule has 5 nitrogen and oxygen atoms in total. The number of aryl methyl sites for hydroxylation is 1. The fraction of sp³-hybridized carbons (Fsp3) is 0.200. The lowest BCUT2D eigenvalue weighted by molar-refractivity contribution is -0.142. The van der Waals surface area contributed by atoms with Crippen molar-refractivity contribution in [3.8, 4) is 5.75 Å². The molecule has 2 aromatic rings. The normalized spacial score (nSPS) is 10.5. The molecule has 1 N–H and O–H groups in total. The summed E-state index contributed by atoms with van der Waals surface area (Å²) in [6, 6.07) is 12.9. The summed E-state index contributed by atoms with van der Waals surface area (Å²) < 4.78 is 10.2. The molecule has 0 saturated heterocycles. The number of hydrogen-bond donors (Lipinski definition) is 1. The van der Waals surface area contributed by atoms with Gasteiger partial charge in [-0.15, -0.1) is 0 Å². The van der Waals surface area contributed by atoms with Crippen molar-refractivity contribution >= 4 is 23.6 Å². The molecule has 0 radical (unpaired) electrons. The van der Waals surface area contributed by atoms with Gasteiger partial charge in [-0.2, -0.15) is 0 Å². The summed E-state index contributed by atoms with van der Waals surface area (Å²) in [4.78, 5) is 23.7. The maximum Gasteiger partial charge on any atom is 0.331 e. The average molecular weight is 339 g/mol. The van der Waals surface area contributed by atoms with Crippen molar-refractivity contribution in [1.29, 1.82) is 0 Å². The Labute approximate surface area is 147 Å². The van der Waals surface area contributed by atoms with Crippen molar-refractivity contribution in [1.82, 2.24) is 0 Å². The Hall–Kier alpha value is -3.08. The van der Waals surface area contributed by atoms with Gasteiger partial charge in [0.25, 0.3) is 5.91 Å². The predicted octanol–water partition coefficient (Wildman–Crippen LogP) is 3.51. The first kappa shape index (κ1) is 18.3. The standard InChI is InChI=1S/C20H21NO4/c1-14-7-6-9-17(15(14)2)21-19(22)13-25-20(23)12-11-16-8-4-5-10-18(16)24-3/h4-12H,13H2,1-3H3,(H,21,22)/b12-11+. The first-order valence-corrected chi connectivity index (χ1v) is 7.85. The van der Waals surface area contributed by atoms with E-state index in [2.05, 4.69) is 5.32 Å². The molecule has 25 heavy (non-hydrogen) atoms. The summed E-state index contributed by atoms with van der Waals surface area (Å²) in [5, 5.41) is 2.74. The highest BCUT2D eigenvalue weighted by Crippen LogP contribution is 2.19. The molecule has 0 aliphatic rings. The molecule has 1 amide bonds. The second-order valence-electron chi connectivity index (χ2n) is 5.48. The van der Waals surface area contributed by atoms with E-state index in [4.69, 9.17) is 9.47 Å². The van der Waals surface area contributed by atoms with Crippen LogP contribution in [0.3, 0.4) is 0 Å². The minimum Gasteiger partial charge on any atom is -0.496 e. The summed E-state index contributed by atoms with van der Waals surface area (Å²) >= 11 is 0. The summed E-state index contributed by atoms with van der Waals surface area (Å²) in [5.41, 5.74) is 3.53. The van der Waals surface area contributed by atoms with Crippen LogP contribution in [0.5, 0.6) is 5.75 Å². The first-order valence-electron chi connectivity index (χ1n) is 7.85. The highest BCUT2D eigenvalue weighted by molar-refractivity contribution is 5.95. The van der Waals surface area contributed by atoms with E-state index in [1.807, 2.05) is 50.2 Å². The number of carbonyl (C=O) groups excluding carboxylic acids is 2. The molecule has 130 valence electrons. The average Bonchev–Trinajstić information content (AvgIpc) is 2.62. The quantitative estimate of drug-likeness (QED) is 0.646. The third-order valence-electron chi connectivity index (χ3n) is 3.76. The fourth-order valence-electron chi connectivity index (χ4n) is 2.22. The molecular formula is C20H21NO4. The fourth-order valence-corrected chi connectivity index (χ4v) is 2.22. The smallest absolute Gasteiger partial charge is 0.331 e. The number of amides is 1. The van der Waals surface area contributed by atoms with Crippen LogP contribution in [0, 0.1) is 13.8 Å². The van der Waals surface area contributed by atoms with Gasteiger partial charge in [0.1, 0.15) is 5.75 Å². The first-order chi connectivity index (χ1) is 12.0. The van der Waals surface area contributed by atoms with Crippen LogP contribution in [-0.4, -0.2) is 25.6 Å². The van der Waals surface area contributed by atoms with Crippen LogP contribution < -0.4 is 10.1 Å². The molecule has 0 heterocycles. The maximum atomic E-state index is 11.9. The molecule has 0 bridgehead atoms. The van der Waals surface area contributed by atoms with Gasteiger partial charge in [-0.1, -0.05) is 30.3 Å². The van der Waals surface area contributed by atoms with Gasteiger partial charge in [-0.3, -0.25) is 4.79 Å². The van der Waals surface area contributed by atoms with E-state index in [0.29, 0.717) is 11.4 Å². The van der Waals surface area contributed by atoms with Gasteiger partial charge < -0.3 is 14.8 Å². The van der Waals surface area contributed by atoms with E-state index in [-0.39, 0.29) is 12.5 Å². The molecule has 5 heteroatoms. The lowest BCUT2D eigenvalue weighted by Crippen LogP contribution is -2.20. The minimum absolute atomic E-state index is 0.345. The number of benzene rings is 2. The van der Waals surface area contributed by atoms with Gasteiger partial charge in [0.05, 0.1) is 7.11 Å². The number of ether oxygens (including phenoxy) is 2. The number of hydrogen-bond acceptors (Lipinski definition) is 4. The molecule has 2 rings (SSSR count). The number of carbonyl (C=O) groups is 2. The van der Waals surface area contributed by atoms with Gasteiger partial charge in [0.2, 0.25) is 0 Å². The van der Waals surface area contributed by atoms with Crippen LogP contribution in [0.4, 0.5) is 5.69 Å². The van der Waals surface area contributed by atoms with Crippen molar-refractivity contribution in [3.63, 3.8) is 0 Å². The minimum atomic E-state index is -0.595. The van der Waals surface area contributed by atoms with E-state index < -0.39 is 5.97 Å². The second-order valence-corrected chi connectivity index (χ2v) is 5.48. The van der Waals surface area contributed by atoms with E-state index >= 15 is 0 Å². The van der Waals surface area contributed by atoms with Crippen LogP contribution in [0.2, 0.25) is 0 Å². The highest BCUT2D eigenvalue weighted by atomic mass is 16.5. The van der Waals surface area contributed by atoms with Crippen molar-refractivity contribution in [2.45, 2.75) is 13.8 Å². The topological polar surface area (TPSA) is 64.6 Å². The molecule has 0 aliphatic carbocycles. The Morgan fingerprint density at radius 3 is 2.60 bits per heavy atom. The third kappa shape index (κ3) is 5.21. The summed E-state index contributed by atoms with van der Waals surface area (Å²) in [5.74, 6) is -0.325. The van der Waals surface area contributed by atoms with Gasteiger partial charge in [-0.05, 0) is 43.2 Å². The zero-order valence-electron chi connectivity index (χ0n) is 14.5. The number of nitrogens with one attached hydrogen (secondary N) is 1. The number of rotatable bonds is 6. The van der Waals surface area contributed by atoms with E-state index in [1.165, 1.54) is 6.08 Å². The Morgan fingerprint density at radius 2 is 1.84 bits per heavy atom. The molecular weight excluding hydrogens is 318 g/mol. The van der Waals surface area contributed by atoms with Crippen molar-refractivity contribution < 1.29 is 19.1 Å². The van der Waals surface area contributed by atoms with Crippen molar-refractivity contribution in [2.24, 2.45) is 0 Å². The van der Waals surface area contributed by atoms with E-state index in [0.717, 1.165) is 16.7 Å². The SMILES string of the molecule is COc1ccccc1/C=C/C(=O)OCC(=O)Nc1cccc(C)c1C. The largest absolute Gasteiger partial charge is 0.496 e. The molecule has 0 spiro atoms. The van der Waals surface area contributed by atoms with Crippen LogP contribution in [0.1, 0.15) is 16.7 Å². The molecule has 0 fully saturated rings. The molecule has 0 saturated carbocycles. The second kappa shape index (κ2) is 8.68. The molecule has 0 aromatic heterocycles. The predicted molar refractivity (Wildman–Crippen MR) is 97.5 cm³/mol. The van der Waals surface area contributed by atoms with E-state index in [1.54, 1.807) is 19.3 Å². The van der Waals surface area contributed by atoms with E-state index in [9.17, 15) is 9.59 Å². The van der Waals surface area contributed by atoms with Crippen LogP contribution >= 0.6 is 0 Å².